The van der Waals surface area contributed by atoms with Crippen molar-refractivity contribution in [2.24, 2.45) is 0 Å². The predicted octanol–water partition coefficient (Wildman–Crippen LogP) is 2.47. The van der Waals surface area contributed by atoms with Crippen LogP contribution in [0.15, 0.2) is 58.3 Å². The number of hydrogen-bond donors (Lipinski definition) is 1. The average Bonchev–Trinajstić information content (AvgIpc) is 3.34. The summed E-state index contributed by atoms with van der Waals surface area (Å²) in [6, 6.07) is 4.89. The molecular weight excluding hydrogens is 310 g/mol. The first-order valence-electron chi connectivity index (χ1n) is 7.31. The van der Waals surface area contributed by atoms with Gasteiger partial charge in [-0.3, -0.25) is 4.79 Å². The second-order valence-electron chi connectivity index (χ2n) is 5.24. The van der Waals surface area contributed by atoms with E-state index < -0.39 is 6.04 Å². The van der Waals surface area contributed by atoms with Crippen molar-refractivity contribution in [1.29, 1.82) is 0 Å². The zero-order chi connectivity index (χ0) is 16.5. The molecule has 4 aromatic rings. The van der Waals surface area contributed by atoms with Crippen LogP contribution < -0.4 is 5.32 Å². The molecule has 8 nitrogen and oxygen atoms in total. The van der Waals surface area contributed by atoms with Gasteiger partial charge in [-0.15, -0.1) is 0 Å². The van der Waals surface area contributed by atoms with E-state index in [2.05, 4.69) is 20.4 Å². The first-order valence-corrected chi connectivity index (χ1v) is 7.31. The van der Waals surface area contributed by atoms with Gasteiger partial charge in [-0.2, -0.15) is 4.98 Å². The molecule has 1 atom stereocenters. The van der Waals surface area contributed by atoms with Crippen LogP contribution in [0, 0.1) is 0 Å². The van der Waals surface area contributed by atoms with Crippen LogP contribution in [-0.4, -0.2) is 25.4 Å². The number of hydrogen-bond acceptors (Lipinski definition) is 6. The van der Waals surface area contributed by atoms with Crippen LogP contribution in [0.2, 0.25) is 0 Å². The van der Waals surface area contributed by atoms with E-state index >= 15 is 0 Å². The summed E-state index contributed by atoms with van der Waals surface area (Å²) in [6.45, 7) is 1.77. The van der Waals surface area contributed by atoms with Gasteiger partial charge in [0.25, 0.3) is 5.91 Å². The molecule has 0 radical (unpaired) electrons. The summed E-state index contributed by atoms with van der Waals surface area (Å²) < 4.78 is 12.1. The first kappa shape index (κ1) is 14.2. The van der Waals surface area contributed by atoms with Crippen molar-refractivity contribution in [3.63, 3.8) is 0 Å². The molecule has 0 spiro atoms. The monoisotopic (exact) mass is 323 g/mol. The van der Waals surface area contributed by atoms with E-state index in [1.165, 1.54) is 12.5 Å². The fourth-order valence-corrected chi connectivity index (χ4v) is 2.38. The summed E-state index contributed by atoms with van der Waals surface area (Å²) >= 11 is 0. The lowest BCUT2D eigenvalue weighted by molar-refractivity contribution is 0.0932. The molecule has 0 aliphatic rings. The molecule has 0 aliphatic heterocycles. The van der Waals surface area contributed by atoms with Crippen LogP contribution in [0.1, 0.15) is 29.2 Å². The summed E-state index contributed by atoms with van der Waals surface area (Å²) in [5.41, 5.74) is 1.93. The molecule has 1 N–H and O–H groups in total. The van der Waals surface area contributed by atoms with Crippen molar-refractivity contribution in [3.05, 3.63) is 60.8 Å². The van der Waals surface area contributed by atoms with Gasteiger partial charge in [0.2, 0.25) is 11.7 Å². The highest BCUT2D eigenvalue weighted by atomic mass is 16.5. The Bertz CT molecular complexity index is 986. The SMILES string of the molecule is C[C@H](NC(=O)c1ccoc1)c1nc(-c2cccn3ccnc23)no1. The Morgan fingerprint density at radius 1 is 1.33 bits per heavy atom. The third-order valence-corrected chi connectivity index (χ3v) is 3.60. The van der Waals surface area contributed by atoms with Gasteiger partial charge in [0, 0.05) is 18.6 Å². The van der Waals surface area contributed by atoms with E-state index in [0.29, 0.717) is 17.3 Å². The minimum Gasteiger partial charge on any atom is -0.472 e. The van der Waals surface area contributed by atoms with Crippen molar-refractivity contribution < 1.29 is 13.7 Å². The molecule has 8 heteroatoms. The zero-order valence-electron chi connectivity index (χ0n) is 12.7. The Morgan fingerprint density at radius 3 is 3.08 bits per heavy atom. The third kappa shape index (κ3) is 2.43. The normalized spacial score (nSPS) is 12.4. The summed E-state index contributed by atoms with van der Waals surface area (Å²) in [5, 5.41) is 6.78. The van der Waals surface area contributed by atoms with E-state index in [1.54, 1.807) is 19.2 Å². The van der Waals surface area contributed by atoms with E-state index in [1.807, 2.05) is 28.9 Å². The Morgan fingerprint density at radius 2 is 2.25 bits per heavy atom. The van der Waals surface area contributed by atoms with Crippen molar-refractivity contribution in [3.8, 4) is 11.4 Å². The summed E-state index contributed by atoms with van der Waals surface area (Å²) in [5.74, 6) is 0.466. The van der Waals surface area contributed by atoms with E-state index in [0.717, 1.165) is 11.2 Å². The molecule has 0 unspecified atom stereocenters. The van der Waals surface area contributed by atoms with E-state index in [9.17, 15) is 4.79 Å². The quantitative estimate of drug-likeness (QED) is 0.619. The predicted molar refractivity (Wildman–Crippen MR) is 83.1 cm³/mol. The molecule has 1 amide bonds. The van der Waals surface area contributed by atoms with E-state index in [4.69, 9.17) is 8.94 Å². The first-order chi connectivity index (χ1) is 11.7. The van der Waals surface area contributed by atoms with Gasteiger partial charge in [0.05, 0.1) is 17.4 Å². The lowest BCUT2D eigenvalue weighted by Gasteiger charge is -2.07. The molecule has 0 saturated heterocycles. The fraction of sp³-hybridized carbons (Fsp3) is 0.125. The van der Waals surface area contributed by atoms with Crippen molar-refractivity contribution in [2.45, 2.75) is 13.0 Å². The molecule has 4 heterocycles. The highest BCUT2D eigenvalue weighted by molar-refractivity contribution is 5.93. The minimum absolute atomic E-state index is 0.272. The Hall–Kier alpha value is -3.42. The van der Waals surface area contributed by atoms with Gasteiger partial charge >= 0.3 is 0 Å². The number of nitrogens with zero attached hydrogens (tertiary/aromatic N) is 4. The molecule has 0 aromatic carbocycles. The van der Waals surface area contributed by atoms with Gasteiger partial charge in [-0.05, 0) is 25.1 Å². The molecule has 4 rings (SSSR count). The summed E-state index contributed by atoms with van der Waals surface area (Å²) in [7, 11) is 0. The summed E-state index contributed by atoms with van der Waals surface area (Å²) in [6.07, 6.45) is 8.25. The molecule has 0 saturated carbocycles. The highest BCUT2D eigenvalue weighted by Gasteiger charge is 2.19. The zero-order valence-corrected chi connectivity index (χ0v) is 12.7. The molecule has 0 aliphatic carbocycles. The van der Waals surface area contributed by atoms with Gasteiger partial charge in [0.1, 0.15) is 18.0 Å². The highest BCUT2D eigenvalue weighted by Crippen LogP contribution is 2.22. The number of carbonyl (C=O) groups excluding carboxylic acids is 1. The van der Waals surface area contributed by atoms with Crippen LogP contribution in [0.5, 0.6) is 0 Å². The standard InChI is InChI=1S/C16H13N5O3/c1-10(18-15(22)11-4-8-23-9-11)16-19-13(20-24-16)12-3-2-6-21-7-5-17-14(12)21/h2-10H,1H3,(H,18,22)/t10-/m0/s1. The maximum Gasteiger partial charge on any atom is 0.255 e. The second-order valence-corrected chi connectivity index (χ2v) is 5.24. The van der Waals surface area contributed by atoms with Gasteiger partial charge < -0.3 is 18.7 Å². The Labute approximate surface area is 136 Å². The smallest absolute Gasteiger partial charge is 0.255 e. The molecule has 24 heavy (non-hydrogen) atoms. The topological polar surface area (TPSA) is 98.5 Å². The molecule has 0 fully saturated rings. The largest absolute Gasteiger partial charge is 0.472 e. The van der Waals surface area contributed by atoms with Crippen LogP contribution in [0.25, 0.3) is 17.0 Å². The van der Waals surface area contributed by atoms with Crippen LogP contribution >= 0.6 is 0 Å². The molecule has 0 bridgehead atoms. The number of nitrogens with one attached hydrogen (secondary N) is 1. The van der Waals surface area contributed by atoms with E-state index in [-0.39, 0.29) is 5.91 Å². The maximum atomic E-state index is 12.0. The Kier molecular flexibility index (Phi) is 3.34. The van der Waals surface area contributed by atoms with Crippen LogP contribution in [-0.2, 0) is 0 Å². The third-order valence-electron chi connectivity index (χ3n) is 3.60. The number of amides is 1. The lowest BCUT2D eigenvalue weighted by atomic mass is 10.2. The number of fused-ring (bicyclic) bond motifs is 1. The van der Waals surface area contributed by atoms with Crippen molar-refractivity contribution in [1.82, 2.24) is 24.8 Å². The number of rotatable bonds is 4. The second kappa shape index (κ2) is 5.65. The lowest BCUT2D eigenvalue weighted by Crippen LogP contribution is -2.26. The number of imidazole rings is 1. The number of pyridine rings is 1. The average molecular weight is 323 g/mol. The minimum atomic E-state index is -0.437. The van der Waals surface area contributed by atoms with Crippen LogP contribution in [0.4, 0.5) is 0 Å². The maximum absolute atomic E-state index is 12.0. The molecule has 120 valence electrons. The molecular formula is C16H13N5O3. The van der Waals surface area contributed by atoms with Gasteiger partial charge in [-0.25, -0.2) is 4.98 Å². The van der Waals surface area contributed by atoms with Crippen molar-refractivity contribution >= 4 is 11.6 Å². The number of furan rings is 1. The van der Waals surface area contributed by atoms with Gasteiger partial charge in [-0.1, -0.05) is 5.16 Å². The van der Waals surface area contributed by atoms with Crippen LogP contribution in [0.3, 0.4) is 0 Å². The van der Waals surface area contributed by atoms with Gasteiger partial charge in [0.15, 0.2) is 0 Å². The number of carbonyl (C=O) groups is 1. The molecule has 4 aromatic heterocycles. The van der Waals surface area contributed by atoms with Crippen molar-refractivity contribution in [2.75, 3.05) is 0 Å². The fourth-order valence-electron chi connectivity index (χ4n) is 2.38. The summed E-state index contributed by atoms with van der Waals surface area (Å²) in [4.78, 5) is 20.7. The number of aromatic nitrogens is 4. The Balaban J connectivity index is 1.58.